The molecule has 0 unspecified atom stereocenters. The maximum absolute atomic E-state index is 12.2. The lowest BCUT2D eigenvalue weighted by Gasteiger charge is -2.10. The number of hydrogen-bond acceptors (Lipinski definition) is 7. The van der Waals surface area contributed by atoms with Crippen molar-refractivity contribution in [3.05, 3.63) is 83.1 Å². The molecule has 0 aliphatic carbocycles. The molecule has 1 amide bonds. The van der Waals surface area contributed by atoms with Crippen molar-refractivity contribution in [3.8, 4) is 5.82 Å². The summed E-state index contributed by atoms with van der Waals surface area (Å²) < 4.78 is 2.92. The summed E-state index contributed by atoms with van der Waals surface area (Å²) in [5.74, 6) is 1.58. The van der Waals surface area contributed by atoms with E-state index in [-0.39, 0.29) is 18.0 Å². The van der Waals surface area contributed by atoms with Crippen LogP contribution in [0.5, 0.6) is 0 Å². The highest BCUT2D eigenvalue weighted by Crippen LogP contribution is 2.19. The van der Waals surface area contributed by atoms with Crippen molar-refractivity contribution in [2.75, 3.05) is 10.6 Å². The normalized spacial score (nSPS) is 10.6. The van der Waals surface area contributed by atoms with E-state index in [2.05, 4.69) is 30.7 Å². The zero-order chi connectivity index (χ0) is 21.8. The fraction of sp³-hybridized carbons (Fsp3) is 0.143. The van der Waals surface area contributed by atoms with Crippen LogP contribution in [0.15, 0.2) is 66.0 Å². The summed E-state index contributed by atoms with van der Waals surface area (Å²) in [6.07, 6.45) is 4.86. The Balaban J connectivity index is 1.41. The Labute approximate surface area is 177 Å². The SMILES string of the molecule is Cc1cc(=O)n(CC(=O)Nc2ccc(Nc3cc(-n4cccn4)nc(C)n3)cc2)cn1. The predicted octanol–water partition coefficient (Wildman–Crippen LogP) is 2.22. The average molecular weight is 416 g/mol. The van der Waals surface area contributed by atoms with E-state index in [1.165, 1.54) is 17.0 Å². The van der Waals surface area contributed by atoms with Crippen LogP contribution < -0.4 is 16.2 Å². The summed E-state index contributed by atoms with van der Waals surface area (Å²) in [5.41, 5.74) is 1.75. The molecule has 2 N–H and O–H groups in total. The predicted molar refractivity (Wildman–Crippen MR) is 115 cm³/mol. The lowest BCUT2D eigenvalue weighted by molar-refractivity contribution is -0.116. The van der Waals surface area contributed by atoms with Gasteiger partial charge in [0.2, 0.25) is 5.91 Å². The van der Waals surface area contributed by atoms with Crippen molar-refractivity contribution < 1.29 is 4.79 Å². The van der Waals surface area contributed by atoms with Gasteiger partial charge in [-0.3, -0.25) is 14.2 Å². The molecule has 10 nitrogen and oxygen atoms in total. The number of benzene rings is 1. The second kappa shape index (κ2) is 8.57. The van der Waals surface area contributed by atoms with E-state index in [0.717, 1.165) is 5.69 Å². The van der Waals surface area contributed by atoms with Crippen molar-refractivity contribution >= 4 is 23.1 Å². The van der Waals surface area contributed by atoms with Crippen LogP contribution >= 0.6 is 0 Å². The molecule has 0 spiro atoms. The lowest BCUT2D eigenvalue weighted by Crippen LogP contribution is -2.27. The van der Waals surface area contributed by atoms with E-state index >= 15 is 0 Å². The van der Waals surface area contributed by atoms with Gasteiger partial charge in [0.25, 0.3) is 5.56 Å². The van der Waals surface area contributed by atoms with Crippen molar-refractivity contribution in [2.45, 2.75) is 20.4 Å². The van der Waals surface area contributed by atoms with Crippen molar-refractivity contribution in [2.24, 2.45) is 0 Å². The Hall–Kier alpha value is -4.34. The minimum atomic E-state index is -0.316. The molecule has 0 bridgehead atoms. The summed E-state index contributed by atoms with van der Waals surface area (Å²) in [5, 5.41) is 10.2. The first-order valence-corrected chi connectivity index (χ1v) is 9.52. The second-order valence-electron chi connectivity index (χ2n) is 6.86. The number of carbonyl (C=O) groups excluding carboxylic acids is 1. The molecule has 0 saturated heterocycles. The van der Waals surface area contributed by atoms with Crippen LogP contribution in [0.25, 0.3) is 5.82 Å². The highest BCUT2D eigenvalue weighted by Gasteiger charge is 2.07. The van der Waals surface area contributed by atoms with Crippen LogP contribution in [0.4, 0.5) is 17.2 Å². The van der Waals surface area contributed by atoms with Gasteiger partial charge in [0.05, 0.1) is 6.33 Å². The van der Waals surface area contributed by atoms with Crippen LogP contribution in [0.2, 0.25) is 0 Å². The molecular weight excluding hydrogens is 396 g/mol. The summed E-state index contributed by atoms with van der Waals surface area (Å²) in [7, 11) is 0. The maximum atomic E-state index is 12.2. The Morgan fingerprint density at radius 2 is 1.84 bits per heavy atom. The van der Waals surface area contributed by atoms with Gasteiger partial charge in [-0.15, -0.1) is 0 Å². The second-order valence-corrected chi connectivity index (χ2v) is 6.86. The van der Waals surface area contributed by atoms with Gasteiger partial charge in [-0.1, -0.05) is 0 Å². The monoisotopic (exact) mass is 416 g/mol. The number of nitrogens with zero attached hydrogens (tertiary/aromatic N) is 6. The first-order chi connectivity index (χ1) is 15.0. The van der Waals surface area contributed by atoms with Gasteiger partial charge in [0.1, 0.15) is 18.2 Å². The van der Waals surface area contributed by atoms with E-state index in [9.17, 15) is 9.59 Å². The zero-order valence-corrected chi connectivity index (χ0v) is 17.0. The number of aryl methyl sites for hydroxylation is 2. The molecular formula is C21H20N8O2. The van der Waals surface area contributed by atoms with Gasteiger partial charge in [0.15, 0.2) is 5.82 Å². The third-order valence-electron chi connectivity index (χ3n) is 4.33. The van der Waals surface area contributed by atoms with Crippen molar-refractivity contribution in [3.63, 3.8) is 0 Å². The molecule has 10 heteroatoms. The number of rotatable bonds is 6. The van der Waals surface area contributed by atoms with Crippen molar-refractivity contribution in [1.29, 1.82) is 0 Å². The smallest absolute Gasteiger partial charge is 0.253 e. The Bertz CT molecular complexity index is 1260. The molecule has 4 aromatic rings. The fourth-order valence-corrected chi connectivity index (χ4v) is 2.91. The summed E-state index contributed by atoms with van der Waals surface area (Å²) in [4.78, 5) is 37.0. The summed E-state index contributed by atoms with van der Waals surface area (Å²) >= 11 is 0. The van der Waals surface area contributed by atoms with Crippen LogP contribution in [-0.2, 0) is 11.3 Å². The van der Waals surface area contributed by atoms with Gasteiger partial charge in [0, 0.05) is 41.6 Å². The third kappa shape index (κ3) is 4.99. The number of nitrogens with one attached hydrogen (secondary N) is 2. The van der Waals surface area contributed by atoms with Crippen LogP contribution in [0.1, 0.15) is 11.5 Å². The minimum absolute atomic E-state index is 0.109. The maximum Gasteiger partial charge on any atom is 0.253 e. The standard InChI is InChI=1S/C21H20N8O2/c1-14-10-21(31)28(13-22-14)12-20(30)27-17-6-4-16(5-7-17)26-18-11-19(25-15(2)24-18)29-9-3-8-23-29/h3-11,13H,12H2,1-2H3,(H,27,30)(H,24,25,26). The lowest BCUT2D eigenvalue weighted by atomic mass is 10.2. The number of aromatic nitrogens is 6. The molecule has 1 aromatic carbocycles. The molecule has 0 radical (unpaired) electrons. The first kappa shape index (κ1) is 20.0. The van der Waals surface area contributed by atoms with Crippen LogP contribution in [0, 0.1) is 13.8 Å². The Morgan fingerprint density at radius 3 is 2.55 bits per heavy atom. The molecule has 31 heavy (non-hydrogen) atoms. The number of amides is 1. The zero-order valence-electron chi connectivity index (χ0n) is 17.0. The van der Waals surface area contributed by atoms with E-state index in [4.69, 9.17) is 0 Å². The quantitative estimate of drug-likeness (QED) is 0.494. The molecule has 0 atom stereocenters. The van der Waals surface area contributed by atoms with Gasteiger partial charge >= 0.3 is 0 Å². The van der Waals surface area contributed by atoms with Gasteiger partial charge in [-0.2, -0.15) is 5.10 Å². The van der Waals surface area contributed by atoms with Gasteiger partial charge in [-0.25, -0.2) is 19.6 Å². The Morgan fingerprint density at radius 1 is 1.06 bits per heavy atom. The summed E-state index contributed by atoms with van der Waals surface area (Å²) in [6.45, 7) is 3.43. The molecule has 0 saturated carbocycles. The highest BCUT2D eigenvalue weighted by molar-refractivity contribution is 5.90. The molecule has 4 rings (SSSR count). The molecule has 3 heterocycles. The summed E-state index contributed by atoms with van der Waals surface area (Å²) in [6, 6.07) is 12.2. The average Bonchev–Trinajstić information content (AvgIpc) is 3.26. The van der Waals surface area contributed by atoms with E-state index in [1.807, 2.05) is 31.3 Å². The largest absolute Gasteiger partial charge is 0.340 e. The van der Waals surface area contributed by atoms with E-state index in [1.54, 1.807) is 36.0 Å². The van der Waals surface area contributed by atoms with Crippen LogP contribution in [0.3, 0.4) is 0 Å². The molecule has 0 fully saturated rings. The van der Waals surface area contributed by atoms with Gasteiger partial charge in [-0.05, 0) is 44.2 Å². The first-order valence-electron chi connectivity index (χ1n) is 9.52. The van der Waals surface area contributed by atoms with E-state index < -0.39 is 0 Å². The molecule has 0 aliphatic rings. The van der Waals surface area contributed by atoms with E-state index in [0.29, 0.717) is 28.8 Å². The molecule has 3 aromatic heterocycles. The fourth-order valence-electron chi connectivity index (χ4n) is 2.91. The van der Waals surface area contributed by atoms with Crippen molar-refractivity contribution in [1.82, 2.24) is 29.3 Å². The molecule has 0 aliphatic heterocycles. The third-order valence-corrected chi connectivity index (χ3v) is 4.33. The molecule has 156 valence electrons. The Kier molecular flexibility index (Phi) is 5.52. The number of carbonyl (C=O) groups is 1. The van der Waals surface area contributed by atoms with Crippen LogP contribution in [-0.4, -0.2) is 35.2 Å². The number of anilines is 3. The topological polar surface area (TPSA) is 120 Å². The number of hydrogen-bond donors (Lipinski definition) is 2. The highest BCUT2D eigenvalue weighted by atomic mass is 16.2. The van der Waals surface area contributed by atoms with Gasteiger partial charge < -0.3 is 10.6 Å². The minimum Gasteiger partial charge on any atom is -0.340 e.